The van der Waals surface area contributed by atoms with E-state index in [9.17, 15) is 9.90 Å². The summed E-state index contributed by atoms with van der Waals surface area (Å²) in [7, 11) is 0. The van der Waals surface area contributed by atoms with Gasteiger partial charge >= 0.3 is 5.97 Å². The zero-order valence-corrected chi connectivity index (χ0v) is 13.2. The number of aliphatic carboxylic acids is 1. The lowest BCUT2D eigenvalue weighted by atomic mass is 10.2. The predicted molar refractivity (Wildman–Crippen MR) is 87.4 cm³/mol. The smallest absolute Gasteiger partial charge is 0.320 e. The highest BCUT2D eigenvalue weighted by molar-refractivity contribution is 7.13. The van der Waals surface area contributed by atoms with Gasteiger partial charge in [0.25, 0.3) is 0 Å². The molecule has 23 heavy (non-hydrogen) atoms. The number of imidazole rings is 1. The molecule has 3 aromatic rings. The number of fused-ring (bicyclic) bond motifs is 1. The van der Waals surface area contributed by atoms with E-state index in [0.29, 0.717) is 18.7 Å². The molecule has 118 valence electrons. The first-order chi connectivity index (χ1) is 11.2. The number of carboxylic acids is 1. The van der Waals surface area contributed by atoms with E-state index in [2.05, 4.69) is 9.97 Å². The summed E-state index contributed by atoms with van der Waals surface area (Å²) in [6.45, 7) is 1.37. The number of hydrogen-bond acceptors (Lipinski definition) is 5. The number of carboxylic acid groups (broad SMARTS) is 1. The van der Waals surface area contributed by atoms with Crippen LogP contribution in [0.25, 0.3) is 16.3 Å². The molecule has 3 aromatic heterocycles. The van der Waals surface area contributed by atoms with Gasteiger partial charge in [0.2, 0.25) is 5.78 Å². The maximum Gasteiger partial charge on any atom is 0.320 e. The van der Waals surface area contributed by atoms with E-state index in [1.165, 1.54) is 0 Å². The Hall–Kier alpha value is -2.25. The SMILES string of the molecule is O=C(O)C1CCCN1Cc1c(-c2cccs2)nc2ncccn12. The zero-order valence-electron chi connectivity index (χ0n) is 12.4. The second kappa shape index (κ2) is 5.75. The number of carbonyl (C=O) groups is 1. The van der Waals surface area contributed by atoms with Gasteiger partial charge in [0.1, 0.15) is 11.7 Å². The fourth-order valence-electron chi connectivity index (χ4n) is 3.18. The summed E-state index contributed by atoms with van der Waals surface area (Å²) >= 11 is 1.63. The van der Waals surface area contributed by atoms with Gasteiger partial charge in [-0.1, -0.05) is 6.07 Å². The van der Waals surface area contributed by atoms with E-state index in [1.807, 2.05) is 39.1 Å². The van der Waals surface area contributed by atoms with Gasteiger partial charge in [-0.3, -0.25) is 14.1 Å². The average molecular weight is 328 g/mol. The minimum atomic E-state index is -0.743. The third-order valence-corrected chi connectivity index (χ3v) is 5.14. The molecule has 0 amide bonds. The Bertz CT molecular complexity index is 843. The standard InChI is InChI=1S/C16H16N4O2S/c21-15(22)11-4-1-7-19(11)10-12-14(13-5-2-9-23-13)18-16-17-6-3-8-20(12)16/h2-3,5-6,8-9,11H,1,4,7,10H2,(H,21,22). The highest BCUT2D eigenvalue weighted by Crippen LogP contribution is 2.30. The molecular weight excluding hydrogens is 312 g/mol. The quantitative estimate of drug-likeness (QED) is 0.797. The summed E-state index contributed by atoms with van der Waals surface area (Å²) in [5.74, 6) is -0.0934. The van der Waals surface area contributed by atoms with Gasteiger partial charge in [0, 0.05) is 18.9 Å². The summed E-state index contributed by atoms with van der Waals surface area (Å²) in [5.41, 5.74) is 1.90. The molecule has 0 aromatic carbocycles. The van der Waals surface area contributed by atoms with Crippen LogP contribution in [0.5, 0.6) is 0 Å². The van der Waals surface area contributed by atoms with Crippen molar-refractivity contribution >= 4 is 23.1 Å². The van der Waals surface area contributed by atoms with Gasteiger partial charge in [-0.25, -0.2) is 9.97 Å². The van der Waals surface area contributed by atoms with Crippen LogP contribution in [0.1, 0.15) is 18.5 Å². The van der Waals surface area contributed by atoms with Crippen molar-refractivity contribution in [1.82, 2.24) is 19.3 Å². The molecule has 4 heterocycles. The molecule has 1 fully saturated rings. The summed E-state index contributed by atoms with van der Waals surface area (Å²) in [6, 6.07) is 5.49. The van der Waals surface area contributed by atoms with Crippen molar-refractivity contribution in [3.8, 4) is 10.6 Å². The average Bonchev–Trinajstić information content (AvgIpc) is 3.27. The molecule has 1 aliphatic rings. The Morgan fingerprint density at radius 1 is 1.43 bits per heavy atom. The highest BCUT2D eigenvalue weighted by atomic mass is 32.1. The molecule has 1 saturated heterocycles. The number of aromatic nitrogens is 3. The molecule has 6 nitrogen and oxygen atoms in total. The van der Waals surface area contributed by atoms with Crippen molar-refractivity contribution in [1.29, 1.82) is 0 Å². The normalized spacial score (nSPS) is 18.7. The molecule has 1 unspecified atom stereocenters. The van der Waals surface area contributed by atoms with Crippen molar-refractivity contribution in [2.24, 2.45) is 0 Å². The van der Waals surface area contributed by atoms with E-state index in [4.69, 9.17) is 0 Å². The minimum absolute atomic E-state index is 0.409. The highest BCUT2D eigenvalue weighted by Gasteiger charge is 2.32. The van der Waals surface area contributed by atoms with E-state index < -0.39 is 12.0 Å². The summed E-state index contributed by atoms with van der Waals surface area (Å²) in [5, 5.41) is 11.4. The molecule has 1 N–H and O–H groups in total. The van der Waals surface area contributed by atoms with Gasteiger partial charge in [-0.2, -0.15) is 0 Å². The topological polar surface area (TPSA) is 70.7 Å². The van der Waals surface area contributed by atoms with E-state index >= 15 is 0 Å². The molecular formula is C16H16N4O2S. The van der Waals surface area contributed by atoms with Crippen LogP contribution in [0, 0.1) is 0 Å². The van der Waals surface area contributed by atoms with Crippen molar-refractivity contribution in [3.05, 3.63) is 41.7 Å². The molecule has 1 atom stereocenters. The second-order valence-corrected chi connectivity index (χ2v) is 6.59. The van der Waals surface area contributed by atoms with E-state index in [-0.39, 0.29) is 0 Å². The van der Waals surface area contributed by atoms with Crippen molar-refractivity contribution < 1.29 is 9.90 Å². The van der Waals surface area contributed by atoms with Crippen LogP contribution in [0.15, 0.2) is 36.0 Å². The zero-order chi connectivity index (χ0) is 15.8. The molecule has 0 bridgehead atoms. The van der Waals surface area contributed by atoms with Crippen LogP contribution < -0.4 is 0 Å². The number of thiophene rings is 1. The van der Waals surface area contributed by atoms with Crippen molar-refractivity contribution in [2.75, 3.05) is 6.54 Å². The lowest BCUT2D eigenvalue weighted by molar-refractivity contribution is -0.142. The third kappa shape index (κ3) is 2.51. The molecule has 7 heteroatoms. The first-order valence-electron chi connectivity index (χ1n) is 7.57. The van der Waals surface area contributed by atoms with Crippen molar-refractivity contribution in [2.45, 2.75) is 25.4 Å². The number of nitrogens with zero attached hydrogens (tertiary/aromatic N) is 4. The van der Waals surface area contributed by atoms with Gasteiger partial charge in [-0.05, 0) is 36.9 Å². The van der Waals surface area contributed by atoms with Crippen molar-refractivity contribution in [3.63, 3.8) is 0 Å². The molecule has 0 aliphatic carbocycles. The van der Waals surface area contributed by atoms with Crippen LogP contribution in [0.3, 0.4) is 0 Å². The second-order valence-electron chi connectivity index (χ2n) is 5.64. The van der Waals surface area contributed by atoms with Crippen LogP contribution in [0.4, 0.5) is 0 Å². The maximum absolute atomic E-state index is 11.4. The Morgan fingerprint density at radius 3 is 3.13 bits per heavy atom. The number of hydrogen-bond donors (Lipinski definition) is 1. The molecule has 4 rings (SSSR count). The summed E-state index contributed by atoms with van der Waals surface area (Å²) < 4.78 is 1.96. The monoisotopic (exact) mass is 328 g/mol. The summed E-state index contributed by atoms with van der Waals surface area (Å²) in [6.07, 6.45) is 5.28. The largest absolute Gasteiger partial charge is 0.480 e. The first kappa shape index (κ1) is 14.3. The Morgan fingerprint density at radius 2 is 2.35 bits per heavy atom. The molecule has 0 spiro atoms. The molecule has 0 radical (unpaired) electrons. The lowest BCUT2D eigenvalue weighted by Gasteiger charge is -2.21. The van der Waals surface area contributed by atoms with Gasteiger partial charge in [0.05, 0.1) is 10.6 Å². The van der Waals surface area contributed by atoms with Crippen LogP contribution in [-0.4, -0.2) is 42.9 Å². The van der Waals surface area contributed by atoms with Gasteiger partial charge in [-0.15, -0.1) is 11.3 Å². The minimum Gasteiger partial charge on any atom is -0.480 e. The lowest BCUT2D eigenvalue weighted by Crippen LogP contribution is -2.35. The summed E-state index contributed by atoms with van der Waals surface area (Å²) in [4.78, 5) is 23.5. The van der Waals surface area contributed by atoms with Crippen LogP contribution in [-0.2, 0) is 11.3 Å². The number of rotatable bonds is 4. The Balaban J connectivity index is 1.79. The Labute approximate surface area is 137 Å². The predicted octanol–water partition coefficient (Wildman–Crippen LogP) is 2.51. The molecule has 1 aliphatic heterocycles. The third-order valence-electron chi connectivity index (χ3n) is 4.26. The van der Waals surface area contributed by atoms with Gasteiger partial charge < -0.3 is 5.11 Å². The van der Waals surface area contributed by atoms with Crippen LogP contribution in [0.2, 0.25) is 0 Å². The van der Waals surface area contributed by atoms with E-state index in [1.54, 1.807) is 17.5 Å². The van der Waals surface area contributed by atoms with E-state index in [0.717, 1.165) is 29.2 Å². The first-order valence-corrected chi connectivity index (χ1v) is 8.44. The maximum atomic E-state index is 11.4. The number of likely N-dealkylation sites (tertiary alicyclic amines) is 1. The fraction of sp³-hybridized carbons (Fsp3) is 0.312. The Kier molecular flexibility index (Phi) is 3.59. The van der Waals surface area contributed by atoms with Crippen LogP contribution >= 0.6 is 11.3 Å². The fourth-order valence-corrected chi connectivity index (χ4v) is 3.92. The van der Waals surface area contributed by atoms with Gasteiger partial charge in [0.15, 0.2) is 0 Å². The molecule has 0 saturated carbocycles.